The van der Waals surface area contributed by atoms with Gasteiger partial charge in [-0.05, 0) is 26.2 Å². The Morgan fingerprint density at radius 2 is 1.88 bits per heavy atom. The summed E-state index contributed by atoms with van der Waals surface area (Å²) in [5.41, 5.74) is -0.821. The zero-order chi connectivity index (χ0) is 12.9. The Balaban J connectivity index is 4.49. The van der Waals surface area contributed by atoms with E-state index in [-0.39, 0.29) is 11.8 Å². The minimum absolute atomic E-state index is 0.0809. The van der Waals surface area contributed by atoms with E-state index in [1.54, 1.807) is 25.8 Å². The Morgan fingerprint density at radius 1 is 1.38 bits per heavy atom. The first-order valence-electron chi connectivity index (χ1n) is 6.16. The van der Waals surface area contributed by atoms with Crippen LogP contribution in [0.25, 0.3) is 0 Å². The molecule has 0 fully saturated rings. The minimum Gasteiger partial charge on any atom is -0.389 e. The highest BCUT2D eigenvalue weighted by molar-refractivity contribution is 5.78. The van der Waals surface area contributed by atoms with Crippen molar-refractivity contribution >= 4 is 5.91 Å². The number of hydrogen-bond acceptors (Lipinski definition) is 2. The van der Waals surface area contributed by atoms with Crippen molar-refractivity contribution in [3.8, 4) is 0 Å². The third-order valence-corrected chi connectivity index (χ3v) is 2.72. The van der Waals surface area contributed by atoms with Gasteiger partial charge in [0, 0.05) is 19.5 Å². The first-order valence-corrected chi connectivity index (χ1v) is 6.16. The monoisotopic (exact) mass is 229 g/mol. The van der Waals surface area contributed by atoms with Crippen LogP contribution >= 0.6 is 0 Å². The number of aliphatic hydroxyl groups is 1. The van der Waals surface area contributed by atoms with E-state index in [4.69, 9.17) is 0 Å². The lowest BCUT2D eigenvalue weighted by atomic mass is 9.90. The smallest absolute Gasteiger partial charge is 0.225 e. The van der Waals surface area contributed by atoms with Gasteiger partial charge in [-0.2, -0.15) is 0 Å². The quantitative estimate of drug-likeness (QED) is 0.759. The van der Waals surface area contributed by atoms with Crippen LogP contribution in [-0.4, -0.2) is 35.1 Å². The number of hydrogen-bond donors (Lipinski definition) is 1. The summed E-state index contributed by atoms with van der Waals surface area (Å²) in [5.74, 6) is 0.591. The van der Waals surface area contributed by atoms with E-state index >= 15 is 0 Å². The predicted molar refractivity (Wildman–Crippen MR) is 67.2 cm³/mol. The molecule has 3 nitrogen and oxygen atoms in total. The van der Waals surface area contributed by atoms with Gasteiger partial charge in [0.1, 0.15) is 0 Å². The summed E-state index contributed by atoms with van der Waals surface area (Å²) in [6.45, 7) is 10.1. The first kappa shape index (κ1) is 15.4. The third-order valence-electron chi connectivity index (χ3n) is 2.72. The van der Waals surface area contributed by atoms with Crippen LogP contribution in [0.3, 0.4) is 0 Å². The van der Waals surface area contributed by atoms with E-state index in [9.17, 15) is 9.90 Å². The van der Waals surface area contributed by atoms with Crippen LogP contribution in [0.1, 0.15) is 47.5 Å². The van der Waals surface area contributed by atoms with E-state index < -0.39 is 5.60 Å². The molecule has 1 amide bonds. The molecule has 3 heteroatoms. The second kappa shape index (κ2) is 6.24. The van der Waals surface area contributed by atoms with Crippen LogP contribution < -0.4 is 0 Å². The minimum atomic E-state index is -0.821. The summed E-state index contributed by atoms with van der Waals surface area (Å²) in [6, 6.07) is 0. The molecule has 0 heterocycles. The maximum atomic E-state index is 12.2. The van der Waals surface area contributed by atoms with Gasteiger partial charge in [0.25, 0.3) is 0 Å². The molecule has 0 aliphatic rings. The van der Waals surface area contributed by atoms with Crippen LogP contribution in [-0.2, 0) is 4.79 Å². The number of amides is 1. The van der Waals surface area contributed by atoms with E-state index in [1.165, 1.54) is 0 Å². The molecular weight excluding hydrogens is 202 g/mol. The van der Waals surface area contributed by atoms with Crippen molar-refractivity contribution in [1.82, 2.24) is 4.90 Å². The van der Waals surface area contributed by atoms with Gasteiger partial charge in [-0.15, -0.1) is 0 Å². The van der Waals surface area contributed by atoms with E-state index in [0.717, 1.165) is 12.8 Å². The Kier molecular flexibility index (Phi) is 6.01. The van der Waals surface area contributed by atoms with Crippen molar-refractivity contribution in [1.29, 1.82) is 0 Å². The fourth-order valence-electron chi connectivity index (χ4n) is 1.99. The predicted octanol–water partition coefficient (Wildman–Crippen LogP) is 2.29. The lowest BCUT2D eigenvalue weighted by Crippen LogP contribution is -2.43. The van der Waals surface area contributed by atoms with E-state index in [2.05, 4.69) is 20.8 Å². The van der Waals surface area contributed by atoms with Gasteiger partial charge in [0.15, 0.2) is 0 Å². The lowest BCUT2D eigenvalue weighted by molar-refractivity contribution is -0.138. The van der Waals surface area contributed by atoms with Crippen molar-refractivity contribution in [2.75, 3.05) is 13.6 Å². The van der Waals surface area contributed by atoms with Crippen molar-refractivity contribution in [2.45, 2.75) is 53.1 Å². The zero-order valence-electron chi connectivity index (χ0n) is 11.6. The van der Waals surface area contributed by atoms with Gasteiger partial charge in [-0.3, -0.25) is 4.79 Å². The van der Waals surface area contributed by atoms with Gasteiger partial charge in [0.05, 0.1) is 5.60 Å². The molecule has 0 aliphatic carbocycles. The summed E-state index contributed by atoms with van der Waals surface area (Å²) >= 11 is 0. The summed E-state index contributed by atoms with van der Waals surface area (Å²) in [7, 11) is 1.77. The van der Waals surface area contributed by atoms with Crippen LogP contribution in [0.15, 0.2) is 0 Å². The van der Waals surface area contributed by atoms with Crippen molar-refractivity contribution in [3.05, 3.63) is 0 Å². The molecule has 0 aromatic heterocycles. The van der Waals surface area contributed by atoms with Crippen molar-refractivity contribution < 1.29 is 9.90 Å². The van der Waals surface area contributed by atoms with Gasteiger partial charge >= 0.3 is 0 Å². The second-order valence-corrected chi connectivity index (χ2v) is 5.65. The average molecular weight is 229 g/mol. The molecule has 0 spiro atoms. The molecular formula is C13H27NO2. The molecule has 1 unspecified atom stereocenters. The molecule has 0 bridgehead atoms. The Morgan fingerprint density at radius 3 is 2.19 bits per heavy atom. The number of carbonyl (C=O) groups is 1. The van der Waals surface area contributed by atoms with Crippen molar-refractivity contribution in [3.63, 3.8) is 0 Å². The molecule has 0 saturated heterocycles. The fraction of sp³-hybridized carbons (Fsp3) is 0.923. The van der Waals surface area contributed by atoms with Crippen LogP contribution in [0.2, 0.25) is 0 Å². The normalized spacial score (nSPS) is 14.0. The number of carbonyl (C=O) groups excluding carboxylic acids is 1. The largest absolute Gasteiger partial charge is 0.389 e. The van der Waals surface area contributed by atoms with E-state index in [0.29, 0.717) is 12.5 Å². The third kappa shape index (κ3) is 5.50. The topological polar surface area (TPSA) is 40.5 Å². The molecule has 96 valence electrons. The second-order valence-electron chi connectivity index (χ2n) is 5.65. The molecule has 0 aliphatic heterocycles. The number of nitrogens with zero attached hydrogens (tertiary/aromatic N) is 1. The highest BCUT2D eigenvalue weighted by Crippen LogP contribution is 2.20. The van der Waals surface area contributed by atoms with Gasteiger partial charge in [-0.1, -0.05) is 27.2 Å². The summed E-state index contributed by atoms with van der Waals surface area (Å²) in [5, 5.41) is 9.69. The SMILES string of the molecule is CCCC(C(=O)N(C)CC(C)(C)O)C(C)C. The van der Waals surface area contributed by atoms with Crippen LogP contribution in [0.5, 0.6) is 0 Å². The molecule has 0 aromatic rings. The molecule has 1 atom stereocenters. The summed E-state index contributed by atoms with van der Waals surface area (Å²) < 4.78 is 0. The molecule has 0 aromatic carbocycles. The van der Waals surface area contributed by atoms with Gasteiger partial charge < -0.3 is 10.0 Å². The zero-order valence-corrected chi connectivity index (χ0v) is 11.6. The molecule has 0 rings (SSSR count). The molecule has 0 radical (unpaired) electrons. The van der Waals surface area contributed by atoms with Crippen molar-refractivity contribution in [2.24, 2.45) is 11.8 Å². The van der Waals surface area contributed by atoms with Gasteiger partial charge in [0.2, 0.25) is 5.91 Å². The Labute approximate surface area is 99.8 Å². The lowest BCUT2D eigenvalue weighted by Gasteiger charge is -2.30. The van der Waals surface area contributed by atoms with Gasteiger partial charge in [-0.25, -0.2) is 0 Å². The highest BCUT2D eigenvalue weighted by Gasteiger charge is 2.27. The average Bonchev–Trinajstić information content (AvgIpc) is 2.09. The van der Waals surface area contributed by atoms with Crippen LogP contribution in [0.4, 0.5) is 0 Å². The summed E-state index contributed by atoms with van der Waals surface area (Å²) in [4.78, 5) is 13.8. The summed E-state index contributed by atoms with van der Waals surface area (Å²) in [6.07, 6.45) is 1.94. The Bertz CT molecular complexity index is 218. The first-order chi connectivity index (χ1) is 7.19. The molecule has 16 heavy (non-hydrogen) atoms. The number of rotatable bonds is 6. The maximum absolute atomic E-state index is 12.2. The molecule has 1 N–H and O–H groups in total. The van der Waals surface area contributed by atoms with Crippen LogP contribution in [0, 0.1) is 11.8 Å². The Hall–Kier alpha value is -0.570. The maximum Gasteiger partial charge on any atom is 0.225 e. The standard InChI is InChI=1S/C13H27NO2/c1-7-8-11(10(2)3)12(15)14(6)9-13(4,5)16/h10-11,16H,7-9H2,1-6H3. The number of likely N-dealkylation sites (N-methyl/N-ethyl adjacent to an activating group) is 1. The van der Waals surface area contributed by atoms with E-state index in [1.807, 2.05) is 0 Å². The fourth-order valence-corrected chi connectivity index (χ4v) is 1.99. The molecule has 0 saturated carbocycles. The highest BCUT2D eigenvalue weighted by atomic mass is 16.3.